The molecule has 4 heteroatoms. The van der Waals surface area contributed by atoms with Crippen LogP contribution in [-0.2, 0) is 9.53 Å². The zero-order valence-electron chi connectivity index (χ0n) is 9.06. The largest absolute Gasteiger partial charge is 0.379 e. The second-order valence-electron chi connectivity index (χ2n) is 4.07. The summed E-state index contributed by atoms with van der Waals surface area (Å²) in [6.45, 7) is 6.77. The smallest absolute Gasteiger partial charge is 0.233 e. The van der Waals surface area contributed by atoms with Gasteiger partial charge in [-0.3, -0.25) is 4.79 Å². The predicted molar refractivity (Wildman–Crippen MR) is 55.1 cm³/mol. The summed E-state index contributed by atoms with van der Waals surface area (Å²) >= 11 is 0. The fourth-order valence-corrected chi connectivity index (χ4v) is 1.43. The van der Waals surface area contributed by atoms with Gasteiger partial charge in [0, 0.05) is 18.7 Å². The molecule has 1 heterocycles. The van der Waals surface area contributed by atoms with Gasteiger partial charge in [0.15, 0.2) is 0 Å². The van der Waals surface area contributed by atoms with Gasteiger partial charge in [0.1, 0.15) is 0 Å². The summed E-state index contributed by atoms with van der Waals surface area (Å²) in [6, 6.07) is 0. The standard InChI is InChI=1S/C10H20N2O2/c1-3-5-11-9(13)7-12-10(2)4-6-14-8-10/h12H,3-8H2,1-2H3,(H,11,13). The number of hydrogen-bond donors (Lipinski definition) is 2. The lowest BCUT2D eigenvalue weighted by Crippen LogP contribution is -2.47. The van der Waals surface area contributed by atoms with Crippen molar-refractivity contribution >= 4 is 5.91 Å². The van der Waals surface area contributed by atoms with Gasteiger partial charge in [-0.15, -0.1) is 0 Å². The summed E-state index contributed by atoms with van der Waals surface area (Å²) in [5.41, 5.74) is -0.0104. The topological polar surface area (TPSA) is 50.4 Å². The molecule has 1 atom stereocenters. The van der Waals surface area contributed by atoms with Gasteiger partial charge in [0.2, 0.25) is 5.91 Å². The van der Waals surface area contributed by atoms with Gasteiger partial charge in [-0.2, -0.15) is 0 Å². The summed E-state index contributed by atoms with van der Waals surface area (Å²) < 4.78 is 5.28. The minimum Gasteiger partial charge on any atom is -0.379 e. The van der Waals surface area contributed by atoms with Gasteiger partial charge < -0.3 is 15.4 Å². The highest BCUT2D eigenvalue weighted by Gasteiger charge is 2.29. The van der Waals surface area contributed by atoms with Crippen LogP contribution in [0.4, 0.5) is 0 Å². The van der Waals surface area contributed by atoms with Crippen LogP contribution in [0.25, 0.3) is 0 Å². The van der Waals surface area contributed by atoms with Crippen LogP contribution >= 0.6 is 0 Å². The molecular weight excluding hydrogens is 180 g/mol. The molecule has 4 nitrogen and oxygen atoms in total. The highest BCUT2D eigenvalue weighted by Crippen LogP contribution is 2.16. The normalized spacial score (nSPS) is 26.4. The molecule has 2 N–H and O–H groups in total. The Balaban J connectivity index is 2.15. The average Bonchev–Trinajstić information content (AvgIpc) is 2.60. The third kappa shape index (κ3) is 3.64. The predicted octanol–water partition coefficient (Wildman–Crippen LogP) is 0.281. The third-order valence-corrected chi connectivity index (χ3v) is 2.47. The molecule has 1 unspecified atom stereocenters. The van der Waals surface area contributed by atoms with Crippen LogP contribution in [-0.4, -0.2) is 37.7 Å². The van der Waals surface area contributed by atoms with Gasteiger partial charge in [0.25, 0.3) is 0 Å². The number of ether oxygens (including phenoxy) is 1. The van der Waals surface area contributed by atoms with E-state index in [1.54, 1.807) is 0 Å². The molecule has 1 amide bonds. The Bertz CT molecular complexity index is 189. The number of carbonyl (C=O) groups excluding carboxylic acids is 1. The number of carbonyl (C=O) groups is 1. The van der Waals surface area contributed by atoms with Gasteiger partial charge in [-0.25, -0.2) is 0 Å². The van der Waals surface area contributed by atoms with Crippen molar-refractivity contribution in [3.05, 3.63) is 0 Å². The van der Waals surface area contributed by atoms with Crippen molar-refractivity contribution in [2.75, 3.05) is 26.3 Å². The lowest BCUT2D eigenvalue weighted by molar-refractivity contribution is -0.120. The number of amides is 1. The van der Waals surface area contributed by atoms with Crippen molar-refractivity contribution in [1.29, 1.82) is 0 Å². The molecule has 0 spiro atoms. The minimum absolute atomic E-state index is 0.0104. The van der Waals surface area contributed by atoms with E-state index in [1.165, 1.54) is 0 Å². The first-order chi connectivity index (χ1) is 6.66. The molecule has 0 aromatic heterocycles. The Morgan fingerprint density at radius 2 is 2.36 bits per heavy atom. The SMILES string of the molecule is CCCNC(=O)CNC1(C)CCOC1. The van der Waals surface area contributed by atoms with Gasteiger partial charge >= 0.3 is 0 Å². The summed E-state index contributed by atoms with van der Waals surface area (Å²) in [5, 5.41) is 6.06. The Hall–Kier alpha value is -0.610. The molecule has 0 aliphatic carbocycles. The van der Waals surface area contributed by atoms with E-state index in [0.29, 0.717) is 13.2 Å². The van der Waals surface area contributed by atoms with E-state index < -0.39 is 0 Å². The van der Waals surface area contributed by atoms with Crippen molar-refractivity contribution in [3.63, 3.8) is 0 Å². The lowest BCUT2D eigenvalue weighted by atomic mass is 10.0. The van der Waals surface area contributed by atoms with Gasteiger partial charge in [0.05, 0.1) is 13.2 Å². The highest BCUT2D eigenvalue weighted by molar-refractivity contribution is 5.78. The molecule has 0 saturated carbocycles. The molecule has 1 aliphatic rings. The molecule has 0 radical (unpaired) electrons. The fourth-order valence-electron chi connectivity index (χ4n) is 1.43. The number of nitrogens with one attached hydrogen (secondary N) is 2. The molecule has 0 bridgehead atoms. The van der Waals surface area contributed by atoms with E-state index in [2.05, 4.69) is 17.6 Å². The first-order valence-corrected chi connectivity index (χ1v) is 5.26. The molecule has 14 heavy (non-hydrogen) atoms. The quantitative estimate of drug-likeness (QED) is 0.670. The summed E-state index contributed by atoms with van der Waals surface area (Å²) in [5.74, 6) is 0.0694. The summed E-state index contributed by atoms with van der Waals surface area (Å²) in [6.07, 6.45) is 1.96. The van der Waals surface area contributed by atoms with E-state index in [1.807, 2.05) is 6.92 Å². The van der Waals surface area contributed by atoms with Crippen LogP contribution in [0.3, 0.4) is 0 Å². The average molecular weight is 200 g/mol. The zero-order chi connectivity index (χ0) is 10.4. The molecule has 82 valence electrons. The maximum Gasteiger partial charge on any atom is 0.233 e. The van der Waals surface area contributed by atoms with E-state index in [9.17, 15) is 4.79 Å². The van der Waals surface area contributed by atoms with Crippen LogP contribution < -0.4 is 10.6 Å². The van der Waals surface area contributed by atoms with Crippen molar-refractivity contribution < 1.29 is 9.53 Å². The van der Waals surface area contributed by atoms with Crippen molar-refractivity contribution in [2.45, 2.75) is 32.2 Å². The molecule has 1 rings (SSSR count). The first-order valence-electron chi connectivity index (χ1n) is 5.26. The Kier molecular flexibility index (Phi) is 4.35. The summed E-state index contributed by atoms with van der Waals surface area (Å²) in [7, 11) is 0. The molecule has 1 fully saturated rings. The van der Waals surface area contributed by atoms with Crippen LogP contribution in [0.2, 0.25) is 0 Å². The fraction of sp³-hybridized carbons (Fsp3) is 0.900. The molecule has 0 aromatic rings. The molecule has 0 aromatic carbocycles. The minimum atomic E-state index is -0.0104. The van der Waals surface area contributed by atoms with Crippen LogP contribution in [0.1, 0.15) is 26.7 Å². The first kappa shape index (κ1) is 11.5. The van der Waals surface area contributed by atoms with Crippen molar-refractivity contribution in [2.24, 2.45) is 0 Å². The highest BCUT2D eigenvalue weighted by atomic mass is 16.5. The maximum absolute atomic E-state index is 11.3. The zero-order valence-corrected chi connectivity index (χ0v) is 9.06. The van der Waals surface area contributed by atoms with Crippen LogP contribution in [0.5, 0.6) is 0 Å². The Morgan fingerprint density at radius 3 is 2.93 bits per heavy atom. The number of hydrogen-bond acceptors (Lipinski definition) is 3. The van der Waals surface area contributed by atoms with Gasteiger partial charge in [-0.05, 0) is 19.8 Å². The number of rotatable bonds is 5. The van der Waals surface area contributed by atoms with Crippen molar-refractivity contribution in [3.8, 4) is 0 Å². The van der Waals surface area contributed by atoms with Crippen LogP contribution in [0, 0.1) is 0 Å². The molecule has 1 aliphatic heterocycles. The summed E-state index contributed by atoms with van der Waals surface area (Å²) in [4.78, 5) is 11.3. The van der Waals surface area contributed by atoms with E-state index in [4.69, 9.17) is 4.74 Å². The van der Waals surface area contributed by atoms with Gasteiger partial charge in [-0.1, -0.05) is 6.92 Å². The van der Waals surface area contributed by atoms with E-state index in [0.717, 1.165) is 26.0 Å². The third-order valence-electron chi connectivity index (χ3n) is 2.47. The second-order valence-corrected chi connectivity index (χ2v) is 4.07. The monoisotopic (exact) mass is 200 g/mol. The Labute approximate surface area is 85.4 Å². The second kappa shape index (κ2) is 5.32. The maximum atomic E-state index is 11.3. The van der Waals surface area contributed by atoms with E-state index in [-0.39, 0.29) is 11.4 Å². The molecular formula is C10H20N2O2. The molecule has 1 saturated heterocycles. The lowest BCUT2D eigenvalue weighted by Gasteiger charge is -2.23. The van der Waals surface area contributed by atoms with Crippen LogP contribution in [0.15, 0.2) is 0 Å². The Morgan fingerprint density at radius 1 is 1.57 bits per heavy atom. The van der Waals surface area contributed by atoms with E-state index >= 15 is 0 Å². The van der Waals surface area contributed by atoms with Crippen molar-refractivity contribution in [1.82, 2.24) is 10.6 Å².